The fourth-order valence-corrected chi connectivity index (χ4v) is 6.13. The Labute approximate surface area is 270 Å². The van der Waals surface area contributed by atoms with Crippen molar-refractivity contribution in [2.24, 2.45) is 0 Å². The zero-order valence-electron chi connectivity index (χ0n) is 26.6. The van der Waals surface area contributed by atoms with Gasteiger partial charge in [-0.2, -0.15) is 13.2 Å². The molecule has 0 aromatic carbocycles. The van der Waals surface area contributed by atoms with E-state index in [4.69, 9.17) is 14.2 Å². The van der Waals surface area contributed by atoms with Gasteiger partial charge < -0.3 is 29.0 Å². The van der Waals surface area contributed by atoms with Crippen LogP contribution in [-0.2, 0) is 35.1 Å². The molecule has 0 saturated carbocycles. The Morgan fingerprint density at radius 2 is 1.87 bits per heavy atom. The molecule has 0 radical (unpaired) electrons. The number of pyridine rings is 2. The number of fused-ring (bicyclic) bond motifs is 2. The van der Waals surface area contributed by atoms with E-state index in [1.807, 2.05) is 26.1 Å². The quantitative estimate of drug-likeness (QED) is 0.243. The van der Waals surface area contributed by atoms with Gasteiger partial charge in [0.1, 0.15) is 29.4 Å². The molecule has 1 fully saturated rings. The normalized spacial score (nSPS) is 17.6. The lowest BCUT2D eigenvalue weighted by atomic mass is 9.92. The van der Waals surface area contributed by atoms with E-state index in [1.54, 1.807) is 18.2 Å². The van der Waals surface area contributed by atoms with Crippen molar-refractivity contribution in [3.8, 4) is 17.5 Å². The number of carbonyl (C=O) groups excluding carboxylic acids is 1. The van der Waals surface area contributed by atoms with Crippen LogP contribution in [0.1, 0.15) is 60.2 Å². The van der Waals surface area contributed by atoms with Crippen molar-refractivity contribution in [2.75, 3.05) is 40.4 Å². The second-order valence-corrected chi connectivity index (χ2v) is 12.2. The summed E-state index contributed by atoms with van der Waals surface area (Å²) in [7, 11) is 3.61. The summed E-state index contributed by atoms with van der Waals surface area (Å²) in [5.74, 6) is 0.0412. The maximum Gasteiger partial charge on any atom is 0.421 e. The molecule has 0 bridgehead atoms. The van der Waals surface area contributed by atoms with Gasteiger partial charge in [0.25, 0.3) is 0 Å². The van der Waals surface area contributed by atoms with Crippen LogP contribution >= 0.6 is 0 Å². The molecule has 0 spiro atoms. The summed E-state index contributed by atoms with van der Waals surface area (Å²) < 4.78 is 59.3. The van der Waals surface area contributed by atoms with Gasteiger partial charge >= 0.3 is 6.18 Å². The van der Waals surface area contributed by atoms with Crippen LogP contribution in [0.25, 0.3) is 11.0 Å². The lowest BCUT2D eigenvalue weighted by Gasteiger charge is -2.34. The number of likely N-dealkylation sites (tertiary alicyclic amines) is 1. The largest absolute Gasteiger partial charge is 0.474 e. The summed E-state index contributed by atoms with van der Waals surface area (Å²) >= 11 is 0. The molecule has 250 valence electrons. The number of aromatic amines is 1. The number of hydrogen-bond donors (Lipinski definition) is 1. The van der Waals surface area contributed by atoms with Gasteiger partial charge in [0, 0.05) is 57.5 Å². The van der Waals surface area contributed by atoms with Gasteiger partial charge in [-0.15, -0.1) is 0 Å². The Morgan fingerprint density at radius 3 is 2.62 bits per heavy atom. The van der Waals surface area contributed by atoms with Crippen molar-refractivity contribution >= 4 is 16.9 Å². The average molecular weight is 654 g/mol. The summed E-state index contributed by atoms with van der Waals surface area (Å²) in [4.78, 5) is 37.9. The minimum Gasteiger partial charge on any atom is -0.474 e. The highest BCUT2D eigenvalue weighted by Crippen LogP contribution is 2.37. The summed E-state index contributed by atoms with van der Waals surface area (Å²) in [6, 6.07) is 4.76. The topological polar surface area (TPSA) is 119 Å². The maximum absolute atomic E-state index is 14.1. The van der Waals surface area contributed by atoms with Crippen LogP contribution in [0.2, 0.25) is 0 Å². The molecule has 1 unspecified atom stereocenters. The Bertz CT molecular complexity index is 1720. The fourth-order valence-electron chi connectivity index (χ4n) is 6.13. The zero-order valence-corrected chi connectivity index (χ0v) is 26.6. The average Bonchev–Trinajstić information content (AvgIpc) is 3.48. The number of ether oxygens (including phenoxy) is 3. The summed E-state index contributed by atoms with van der Waals surface area (Å²) in [5, 5.41) is 0.717. The molecule has 2 aliphatic heterocycles. The van der Waals surface area contributed by atoms with Gasteiger partial charge in [-0.3, -0.25) is 9.78 Å². The van der Waals surface area contributed by atoms with Gasteiger partial charge in [0.2, 0.25) is 17.7 Å². The molecule has 47 heavy (non-hydrogen) atoms. The van der Waals surface area contributed by atoms with Crippen LogP contribution in [0, 0.1) is 0 Å². The summed E-state index contributed by atoms with van der Waals surface area (Å²) in [5.41, 5.74) is 2.47. The van der Waals surface area contributed by atoms with E-state index in [2.05, 4.69) is 29.8 Å². The minimum absolute atomic E-state index is 0.0373. The number of rotatable bonds is 10. The molecule has 0 aliphatic carbocycles. The van der Waals surface area contributed by atoms with Crippen molar-refractivity contribution in [3.63, 3.8) is 0 Å². The number of nitrogens with one attached hydrogen (secondary N) is 1. The standard InChI is InChI=1S/C33H38F3N7O4/c1-4-21-17-43(28(44)12-20-11-27(33(34,35)36)32(38-15-20)46-24-5-8-42(2)9-6-24)18-22-13-25(16-37-29(21)22)47-31-26-14-23(7-10-45-3)41-30(26)39-19-40-31/h11,13-16,19,21,24H,4-10,12,17-18H2,1-3H3,(H,39,40,41). The first-order valence-electron chi connectivity index (χ1n) is 15.8. The Hall–Kier alpha value is -4.30. The molecule has 11 nitrogen and oxygen atoms in total. The van der Waals surface area contributed by atoms with E-state index in [0.717, 1.165) is 42.5 Å². The van der Waals surface area contributed by atoms with Crippen LogP contribution in [-0.4, -0.2) is 87.1 Å². The number of alkyl halides is 3. The monoisotopic (exact) mass is 653 g/mol. The number of amides is 1. The molecule has 2 aliphatic rings. The fraction of sp³-hybridized carbons (Fsp3) is 0.485. The van der Waals surface area contributed by atoms with Gasteiger partial charge in [0.15, 0.2) is 0 Å². The van der Waals surface area contributed by atoms with Crippen LogP contribution < -0.4 is 9.47 Å². The predicted octanol–water partition coefficient (Wildman–Crippen LogP) is 5.30. The molecule has 1 atom stereocenters. The summed E-state index contributed by atoms with van der Waals surface area (Å²) in [6.45, 7) is 4.71. The third-order valence-corrected chi connectivity index (χ3v) is 8.76. The highest BCUT2D eigenvalue weighted by molar-refractivity contribution is 5.82. The number of carbonyl (C=O) groups is 1. The van der Waals surface area contributed by atoms with Gasteiger partial charge in [-0.25, -0.2) is 15.0 Å². The number of H-pyrrole nitrogens is 1. The van der Waals surface area contributed by atoms with Crippen molar-refractivity contribution in [2.45, 2.75) is 63.8 Å². The van der Waals surface area contributed by atoms with Crippen LogP contribution in [0.3, 0.4) is 0 Å². The van der Waals surface area contributed by atoms with Crippen LogP contribution in [0.5, 0.6) is 17.5 Å². The predicted molar refractivity (Wildman–Crippen MR) is 166 cm³/mol. The molecule has 1 saturated heterocycles. The Kier molecular flexibility index (Phi) is 9.60. The van der Waals surface area contributed by atoms with E-state index >= 15 is 0 Å². The second-order valence-electron chi connectivity index (χ2n) is 12.2. The highest BCUT2D eigenvalue weighted by Gasteiger charge is 2.37. The number of aromatic nitrogens is 5. The van der Waals surface area contributed by atoms with Crippen molar-refractivity contribution in [1.29, 1.82) is 0 Å². The number of methoxy groups -OCH3 is 1. The molecule has 6 heterocycles. The molecule has 14 heteroatoms. The number of piperidine rings is 1. The van der Waals surface area contributed by atoms with Crippen molar-refractivity contribution in [1.82, 2.24) is 34.7 Å². The van der Waals surface area contributed by atoms with E-state index in [-0.39, 0.29) is 36.5 Å². The number of hydrogen-bond acceptors (Lipinski definition) is 9. The third kappa shape index (κ3) is 7.49. The smallest absolute Gasteiger partial charge is 0.421 e. The molecule has 4 aromatic heterocycles. The highest BCUT2D eigenvalue weighted by atomic mass is 19.4. The van der Waals surface area contributed by atoms with Crippen molar-refractivity contribution < 1.29 is 32.2 Å². The maximum atomic E-state index is 14.1. The van der Waals surface area contributed by atoms with Crippen LogP contribution in [0.4, 0.5) is 13.2 Å². The van der Waals surface area contributed by atoms with Gasteiger partial charge in [-0.1, -0.05) is 6.92 Å². The molecule has 1 N–H and O–H groups in total. The Balaban J connectivity index is 1.18. The first-order chi connectivity index (χ1) is 22.6. The first kappa shape index (κ1) is 32.6. The van der Waals surface area contributed by atoms with E-state index in [1.165, 1.54) is 12.5 Å². The zero-order chi connectivity index (χ0) is 33.1. The van der Waals surface area contributed by atoms with E-state index < -0.39 is 17.6 Å². The summed E-state index contributed by atoms with van der Waals surface area (Å²) in [6.07, 6.45) is 1.79. The third-order valence-electron chi connectivity index (χ3n) is 8.76. The first-order valence-corrected chi connectivity index (χ1v) is 15.8. The molecular formula is C33H38F3N7O4. The number of halogens is 3. The Morgan fingerprint density at radius 1 is 1.06 bits per heavy atom. The molecule has 1 amide bonds. The lowest BCUT2D eigenvalue weighted by Crippen LogP contribution is -2.39. The number of nitrogens with zero attached hydrogens (tertiary/aromatic N) is 6. The molecular weight excluding hydrogens is 615 g/mol. The van der Waals surface area contributed by atoms with E-state index in [9.17, 15) is 18.0 Å². The van der Waals surface area contributed by atoms with Crippen molar-refractivity contribution in [3.05, 3.63) is 65.0 Å². The molecule has 4 aromatic rings. The second kappa shape index (κ2) is 13.8. The SMILES string of the molecule is CCC1CN(C(=O)Cc2cnc(OC3CCN(C)CC3)c(C(F)(F)F)c2)Cc2cc(Oc3ncnc4[nH]c(CCOC)cc34)cnc21. The molecule has 6 rings (SSSR count). The van der Waals surface area contributed by atoms with Gasteiger partial charge in [-0.05, 0) is 55.6 Å². The minimum atomic E-state index is -4.67. The van der Waals surface area contributed by atoms with E-state index in [0.29, 0.717) is 55.1 Å². The van der Waals surface area contributed by atoms with Gasteiger partial charge in [0.05, 0.1) is 30.3 Å². The van der Waals surface area contributed by atoms with Crippen LogP contribution in [0.15, 0.2) is 36.9 Å². The lowest BCUT2D eigenvalue weighted by molar-refractivity contribution is -0.140.